The van der Waals surface area contributed by atoms with Gasteiger partial charge < -0.3 is 9.84 Å². The van der Waals surface area contributed by atoms with Crippen LogP contribution in [0.4, 0.5) is 0 Å². The zero-order valence-corrected chi connectivity index (χ0v) is 10.8. The number of benzene rings is 1. The molecule has 0 spiro atoms. The van der Waals surface area contributed by atoms with E-state index in [1.165, 1.54) is 32.1 Å². The minimum Gasteiger partial charge on any atom is -0.493 e. The van der Waals surface area contributed by atoms with Gasteiger partial charge in [-0.25, -0.2) is 4.79 Å². The molecule has 0 bridgehead atoms. The average Bonchev–Trinajstić information content (AvgIpc) is 2.37. The van der Waals surface area contributed by atoms with Crippen LogP contribution in [0.2, 0.25) is 0 Å². The second kappa shape index (κ2) is 5.89. The van der Waals surface area contributed by atoms with Crippen LogP contribution in [0.25, 0.3) is 0 Å². The highest BCUT2D eigenvalue weighted by molar-refractivity contribution is 5.89. The number of aryl methyl sites for hydroxylation is 1. The zero-order valence-electron chi connectivity index (χ0n) is 10.8. The molecule has 2 rings (SSSR count). The SMILES string of the molecule is Cc1cc(OCC2CCCCC2)ccc1C(=O)O. The lowest BCUT2D eigenvalue weighted by molar-refractivity contribution is 0.0696. The van der Waals surface area contributed by atoms with Gasteiger partial charge in [-0.1, -0.05) is 19.3 Å². The van der Waals surface area contributed by atoms with Gasteiger partial charge in [-0.3, -0.25) is 0 Å². The zero-order chi connectivity index (χ0) is 13.0. The number of hydrogen-bond acceptors (Lipinski definition) is 2. The molecule has 1 fully saturated rings. The van der Waals surface area contributed by atoms with Crippen molar-refractivity contribution < 1.29 is 14.6 Å². The Morgan fingerprint density at radius 3 is 2.67 bits per heavy atom. The molecule has 0 unspecified atom stereocenters. The third-order valence-corrected chi connectivity index (χ3v) is 3.64. The Kier molecular flexibility index (Phi) is 4.24. The van der Waals surface area contributed by atoms with Crippen LogP contribution in [-0.4, -0.2) is 17.7 Å². The molecule has 0 amide bonds. The van der Waals surface area contributed by atoms with Crippen molar-refractivity contribution in [3.8, 4) is 5.75 Å². The van der Waals surface area contributed by atoms with Gasteiger partial charge in [-0.2, -0.15) is 0 Å². The van der Waals surface area contributed by atoms with Crippen molar-refractivity contribution in [1.82, 2.24) is 0 Å². The standard InChI is InChI=1S/C15H20O3/c1-11-9-13(7-8-14(11)15(16)17)18-10-12-5-3-2-4-6-12/h7-9,12H,2-6,10H2,1H3,(H,16,17). The van der Waals surface area contributed by atoms with Crippen LogP contribution in [0.1, 0.15) is 48.0 Å². The van der Waals surface area contributed by atoms with Crippen molar-refractivity contribution >= 4 is 5.97 Å². The van der Waals surface area contributed by atoms with Crippen molar-refractivity contribution in [2.24, 2.45) is 5.92 Å². The van der Waals surface area contributed by atoms with Crippen LogP contribution in [0, 0.1) is 12.8 Å². The van der Waals surface area contributed by atoms with Crippen LogP contribution in [-0.2, 0) is 0 Å². The molecule has 0 aliphatic heterocycles. The molecule has 18 heavy (non-hydrogen) atoms. The van der Waals surface area contributed by atoms with E-state index in [0.717, 1.165) is 17.9 Å². The quantitative estimate of drug-likeness (QED) is 0.884. The second-order valence-corrected chi connectivity index (χ2v) is 5.10. The first-order valence-corrected chi connectivity index (χ1v) is 6.63. The van der Waals surface area contributed by atoms with E-state index >= 15 is 0 Å². The van der Waals surface area contributed by atoms with E-state index in [0.29, 0.717) is 11.5 Å². The van der Waals surface area contributed by atoms with Crippen LogP contribution in [0.5, 0.6) is 5.75 Å². The molecule has 3 nitrogen and oxygen atoms in total. The number of carbonyl (C=O) groups is 1. The maximum absolute atomic E-state index is 10.9. The first-order valence-electron chi connectivity index (χ1n) is 6.63. The van der Waals surface area contributed by atoms with Crippen LogP contribution < -0.4 is 4.74 Å². The average molecular weight is 248 g/mol. The molecule has 98 valence electrons. The Hall–Kier alpha value is -1.51. The van der Waals surface area contributed by atoms with Crippen molar-refractivity contribution in [2.75, 3.05) is 6.61 Å². The van der Waals surface area contributed by atoms with E-state index in [2.05, 4.69) is 0 Å². The fraction of sp³-hybridized carbons (Fsp3) is 0.533. The molecule has 1 N–H and O–H groups in total. The molecular formula is C15H20O3. The van der Waals surface area contributed by atoms with Gasteiger partial charge in [0.25, 0.3) is 0 Å². The highest BCUT2D eigenvalue weighted by atomic mass is 16.5. The smallest absolute Gasteiger partial charge is 0.335 e. The predicted molar refractivity (Wildman–Crippen MR) is 70.2 cm³/mol. The molecule has 0 heterocycles. The Labute approximate surface area is 108 Å². The van der Waals surface area contributed by atoms with Crippen molar-refractivity contribution in [1.29, 1.82) is 0 Å². The Bertz CT molecular complexity index is 420. The summed E-state index contributed by atoms with van der Waals surface area (Å²) in [6.45, 7) is 2.56. The molecule has 1 aliphatic rings. The highest BCUT2D eigenvalue weighted by Crippen LogP contribution is 2.25. The van der Waals surface area contributed by atoms with Crippen molar-refractivity contribution in [3.63, 3.8) is 0 Å². The summed E-state index contributed by atoms with van der Waals surface area (Å²) < 4.78 is 5.77. The third kappa shape index (κ3) is 3.25. The second-order valence-electron chi connectivity index (χ2n) is 5.10. The van der Waals surface area contributed by atoms with Gasteiger partial charge >= 0.3 is 5.97 Å². The molecule has 0 aromatic heterocycles. The molecule has 0 atom stereocenters. The molecule has 1 aromatic carbocycles. The summed E-state index contributed by atoms with van der Waals surface area (Å²) >= 11 is 0. The lowest BCUT2D eigenvalue weighted by Gasteiger charge is -2.21. The maximum Gasteiger partial charge on any atom is 0.335 e. The summed E-state index contributed by atoms with van der Waals surface area (Å²) in [6, 6.07) is 5.18. The number of carboxylic acid groups (broad SMARTS) is 1. The van der Waals surface area contributed by atoms with E-state index in [4.69, 9.17) is 9.84 Å². The highest BCUT2D eigenvalue weighted by Gasteiger charge is 2.14. The molecule has 1 saturated carbocycles. The topological polar surface area (TPSA) is 46.5 Å². The van der Waals surface area contributed by atoms with Gasteiger partial charge in [0, 0.05) is 0 Å². The number of hydrogen-bond donors (Lipinski definition) is 1. The van der Waals surface area contributed by atoms with Gasteiger partial charge in [0.15, 0.2) is 0 Å². The summed E-state index contributed by atoms with van der Waals surface area (Å²) in [7, 11) is 0. The molecule has 1 aromatic rings. The largest absolute Gasteiger partial charge is 0.493 e. The van der Waals surface area contributed by atoms with Gasteiger partial charge in [-0.05, 0) is 49.4 Å². The number of carboxylic acids is 1. The van der Waals surface area contributed by atoms with Crippen molar-refractivity contribution in [3.05, 3.63) is 29.3 Å². The van der Waals surface area contributed by atoms with E-state index < -0.39 is 5.97 Å². The lowest BCUT2D eigenvalue weighted by Crippen LogP contribution is -2.15. The predicted octanol–water partition coefficient (Wildman–Crippen LogP) is 3.65. The molecule has 1 aliphatic carbocycles. The number of aromatic carboxylic acids is 1. The fourth-order valence-electron chi connectivity index (χ4n) is 2.53. The summed E-state index contributed by atoms with van der Waals surface area (Å²) in [4.78, 5) is 10.9. The first kappa shape index (κ1) is 12.9. The van der Waals surface area contributed by atoms with Gasteiger partial charge in [-0.15, -0.1) is 0 Å². The number of ether oxygens (including phenoxy) is 1. The molecule has 0 radical (unpaired) electrons. The third-order valence-electron chi connectivity index (χ3n) is 3.64. The molecular weight excluding hydrogens is 228 g/mol. The monoisotopic (exact) mass is 248 g/mol. The maximum atomic E-state index is 10.9. The Balaban J connectivity index is 1.93. The van der Waals surface area contributed by atoms with E-state index in [-0.39, 0.29) is 0 Å². The first-order chi connectivity index (χ1) is 8.66. The Morgan fingerprint density at radius 2 is 2.06 bits per heavy atom. The van der Waals surface area contributed by atoms with Gasteiger partial charge in [0.2, 0.25) is 0 Å². The van der Waals surface area contributed by atoms with Crippen LogP contribution in [0.3, 0.4) is 0 Å². The van der Waals surface area contributed by atoms with Gasteiger partial charge in [0.1, 0.15) is 5.75 Å². The number of rotatable bonds is 4. The van der Waals surface area contributed by atoms with E-state index in [1.54, 1.807) is 19.1 Å². The van der Waals surface area contributed by atoms with E-state index in [1.807, 2.05) is 6.07 Å². The van der Waals surface area contributed by atoms with Crippen LogP contribution in [0.15, 0.2) is 18.2 Å². The summed E-state index contributed by atoms with van der Waals surface area (Å²) in [6.07, 6.45) is 6.48. The normalized spacial score (nSPS) is 16.5. The lowest BCUT2D eigenvalue weighted by atomic mass is 9.90. The Morgan fingerprint density at radius 1 is 1.33 bits per heavy atom. The van der Waals surface area contributed by atoms with Crippen LogP contribution >= 0.6 is 0 Å². The summed E-state index contributed by atoms with van der Waals surface area (Å²) in [5, 5.41) is 8.95. The summed E-state index contributed by atoms with van der Waals surface area (Å²) in [5.41, 5.74) is 1.10. The van der Waals surface area contributed by atoms with Gasteiger partial charge in [0.05, 0.1) is 12.2 Å². The summed E-state index contributed by atoms with van der Waals surface area (Å²) in [5.74, 6) is 0.563. The molecule has 3 heteroatoms. The van der Waals surface area contributed by atoms with Crippen molar-refractivity contribution in [2.45, 2.75) is 39.0 Å². The molecule has 0 saturated heterocycles. The fourth-order valence-corrected chi connectivity index (χ4v) is 2.53. The minimum absolute atomic E-state index is 0.347. The van der Waals surface area contributed by atoms with E-state index in [9.17, 15) is 4.79 Å². The minimum atomic E-state index is -0.883.